The van der Waals surface area contributed by atoms with Gasteiger partial charge in [-0.25, -0.2) is 4.68 Å². The van der Waals surface area contributed by atoms with Gasteiger partial charge < -0.3 is 15.3 Å². The first-order valence-electron chi connectivity index (χ1n) is 6.18. The van der Waals surface area contributed by atoms with Crippen molar-refractivity contribution in [2.24, 2.45) is 0 Å². The number of nitrogens with one attached hydrogen (secondary N) is 1. The van der Waals surface area contributed by atoms with Crippen molar-refractivity contribution in [1.82, 2.24) is 19.9 Å². The molecule has 1 aliphatic rings. The van der Waals surface area contributed by atoms with Gasteiger partial charge in [0.2, 0.25) is 11.8 Å². The topological polar surface area (TPSA) is 100 Å². The van der Waals surface area contributed by atoms with E-state index >= 15 is 0 Å². The van der Waals surface area contributed by atoms with Crippen LogP contribution < -0.4 is 5.32 Å². The predicted octanol–water partition coefficient (Wildman–Crippen LogP) is -0.780. The molecule has 2 heterocycles. The average molecular weight is 267 g/mol. The number of nitrogens with zero attached hydrogens (tertiary/aromatic N) is 4. The van der Waals surface area contributed by atoms with E-state index in [9.17, 15) is 14.7 Å². The molecule has 1 aromatic rings. The molecule has 1 unspecified atom stereocenters. The van der Waals surface area contributed by atoms with Gasteiger partial charge in [0.1, 0.15) is 6.54 Å². The monoisotopic (exact) mass is 267 g/mol. The van der Waals surface area contributed by atoms with Gasteiger partial charge in [-0.2, -0.15) is 0 Å². The molecular formula is C11H17N5O3. The Morgan fingerprint density at radius 3 is 3.05 bits per heavy atom. The Labute approximate surface area is 110 Å². The predicted molar refractivity (Wildman–Crippen MR) is 66.1 cm³/mol. The number of rotatable bonds is 4. The van der Waals surface area contributed by atoms with Crippen molar-refractivity contribution in [3.63, 3.8) is 0 Å². The van der Waals surface area contributed by atoms with Crippen LogP contribution in [0.4, 0.5) is 5.82 Å². The highest BCUT2D eigenvalue weighted by Crippen LogP contribution is 2.17. The van der Waals surface area contributed by atoms with E-state index in [4.69, 9.17) is 0 Å². The molecule has 1 aromatic heterocycles. The Morgan fingerprint density at radius 1 is 1.58 bits per heavy atom. The number of aliphatic hydroxyl groups excluding tert-OH is 1. The second-order valence-corrected chi connectivity index (χ2v) is 4.55. The molecule has 1 fully saturated rings. The largest absolute Gasteiger partial charge is 0.394 e. The summed E-state index contributed by atoms with van der Waals surface area (Å²) in [6.45, 7) is 2.08. The van der Waals surface area contributed by atoms with Crippen molar-refractivity contribution in [2.75, 3.05) is 18.5 Å². The Bertz CT molecular complexity index is 473. The summed E-state index contributed by atoms with van der Waals surface area (Å²) in [6, 6.07) is -0.0918. The van der Waals surface area contributed by atoms with Crippen LogP contribution in [-0.2, 0) is 16.1 Å². The first-order chi connectivity index (χ1) is 9.10. The van der Waals surface area contributed by atoms with Crippen LogP contribution in [0.15, 0.2) is 6.20 Å². The summed E-state index contributed by atoms with van der Waals surface area (Å²) in [5, 5.41) is 19.2. The van der Waals surface area contributed by atoms with E-state index < -0.39 is 0 Å². The third kappa shape index (κ3) is 3.28. The summed E-state index contributed by atoms with van der Waals surface area (Å²) in [4.78, 5) is 24.6. The Balaban J connectivity index is 1.95. The van der Waals surface area contributed by atoms with Crippen LogP contribution in [0.1, 0.15) is 19.8 Å². The Kier molecular flexibility index (Phi) is 4.10. The molecule has 8 nitrogen and oxygen atoms in total. The first-order valence-corrected chi connectivity index (χ1v) is 6.18. The van der Waals surface area contributed by atoms with Crippen LogP contribution in [0.5, 0.6) is 0 Å². The van der Waals surface area contributed by atoms with Gasteiger partial charge in [-0.1, -0.05) is 5.21 Å². The zero-order chi connectivity index (χ0) is 13.8. The molecule has 0 saturated carbocycles. The maximum atomic E-state index is 12.1. The summed E-state index contributed by atoms with van der Waals surface area (Å²) in [5.74, 6) is -0.0190. The van der Waals surface area contributed by atoms with Gasteiger partial charge in [-0.3, -0.25) is 9.59 Å². The van der Waals surface area contributed by atoms with Crippen molar-refractivity contribution in [2.45, 2.75) is 32.4 Å². The zero-order valence-corrected chi connectivity index (χ0v) is 10.7. The van der Waals surface area contributed by atoms with Crippen LogP contribution >= 0.6 is 0 Å². The fourth-order valence-electron chi connectivity index (χ4n) is 2.20. The Hall–Kier alpha value is -1.96. The number of carbonyl (C=O) groups excluding carboxylic acids is 2. The number of likely N-dealkylation sites (tertiary alicyclic amines) is 1. The zero-order valence-electron chi connectivity index (χ0n) is 10.7. The molecular weight excluding hydrogens is 250 g/mol. The molecule has 1 aliphatic heterocycles. The summed E-state index contributed by atoms with van der Waals surface area (Å²) in [5.41, 5.74) is 0. The number of aliphatic hydroxyl groups is 1. The Morgan fingerprint density at radius 2 is 2.37 bits per heavy atom. The van der Waals surface area contributed by atoms with E-state index in [1.807, 2.05) is 0 Å². The van der Waals surface area contributed by atoms with E-state index in [-0.39, 0.29) is 31.0 Å². The minimum Gasteiger partial charge on any atom is -0.394 e. The normalized spacial score (nSPS) is 18.6. The van der Waals surface area contributed by atoms with Crippen LogP contribution in [0.3, 0.4) is 0 Å². The molecule has 19 heavy (non-hydrogen) atoms. The molecule has 0 radical (unpaired) electrons. The minimum absolute atomic E-state index is 0.0137. The van der Waals surface area contributed by atoms with E-state index in [1.54, 1.807) is 4.90 Å². The third-order valence-corrected chi connectivity index (χ3v) is 3.05. The maximum absolute atomic E-state index is 12.1. The van der Waals surface area contributed by atoms with Crippen LogP contribution in [-0.4, -0.2) is 56.0 Å². The number of anilines is 1. The van der Waals surface area contributed by atoms with Gasteiger partial charge in [0.05, 0.1) is 18.8 Å². The van der Waals surface area contributed by atoms with Gasteiger partial charge >= 0.3 is 0 Å². The molecule has 2 rings (SSSR count). The van der Waals surface area contributed by atoms with Gasteiger partial charge in [-0.15, -0.1) is 5.10 Å². The molecule has 1 saturated heterocycles. The quantitative estimate of drug-likeness (QED) is 0.745. The maximum Gasteiger partial charge on any atom is 0.244 e. The highest BCUT2D eigenvalue weighted by Gasteiger charge is 2.28. The number of amides is 2. The summed E-state index contributed by atoms with van der Waals surface area (Å²) >= 11 is 0. The SMILES string of the molecule is CC(=O)Nc1cn(CC(=O)N2CCCC2CO)nn1. The summed E-state index contributed by atoms with van der Waals surface area (Å²) < 4.78 is 1.38. The van der Waals surface area contributed by atoms with E-state index in [1.165, 1.54) is 17.8 Å². The highest BCUT2D eigenvalue weighted by molar-refractivity contribution is 5.87. The third-order valence-electron chi connectivity index (χ3n) is 3.05. The number of hydrogen-bond acceptors (Lipinski definition) is 5. The number of hydrogen-bond donors (Lipinski definition) is 2. The first kappa shape index (κ1) is 13.5. The van der Waals surface area contributed by atoms with E-state index in [0.717, 1.165) is 12.8 Å². The van der Waals surface area contributed by atoms with Gasteiger partial charge in [0.15, 0.2) is 5.82 Å². The number of carbonyl (C=O) groups is 2. The molecule has 0 spiro atoms. The number of aromatic nitrogens is 3. The lowest BCUT2D eigenvalue weighted by molar-refractivity contribution is -0.133. The standard InChI is InChI=1S/C11H17N5O3/c1-8(18)12-10-5-15(14-13-10)6-11(19)16-4-2-3-9(16)7-17/h5,9,17H,2-4,6-7H2,1H3,(H,12,18). The highest BCUT2D eigenvalue weighted by atomic mass is 16.3. The van der Waals surface area contributed by atoms with Gasteiger partial charge in [0, 0.05) is 13.5 Å². The van der Waals surface area contributed by atoms with E-state index in [0.29, 0.717) is 12.4 Å². The molecule has 0 aromatic carbocycles. The second kappa shape index (κ2) is 5.79. The lowest BCUT2D eigenvalue weighted by atomic mass is 10.2. The fourth-order valence-corrected chi connectivity index (χ4v) is 2.20. The molecule has 0 bridgehead atoms. The minimum atomic E-state index is -0.238. The van der Waals surface area contributed by atoms with Gasteiger partial charge in [-0.05, 0) is 12.8 Å². The second-order valence-electron chi connectivity index (χ2n) is 4.55. The molecule has 2 amide bonds. The summed E-state index contributed by atoms with van der Waals surface area (Å²) in [7, 11) is 0. The molecule has 8 heteroatoms. The van der Waals surface area contributed by atoms with Gasteiger partial charge in [0.25, 0.3) is 0 Å². The van der Waals surface area contributed by atoms with Crippen molar-refractivity contribution >= 4 is 17.6 Å². The molecule has 104 valence electrons. The molecule has 0 aliphatic carbocycles. The lowest BCUT2D eigenvalue weighted by Crippen LogP contribution is -2.39. The summed E-state index contributed by atoms with van der Waals surface area (Å²) in [6.07, 6.45) is 3.24. The van der Waals surface area contributed by atoms with Crippen molar-refractivity contribution in [3.05, 3.63) is 6.20 Å². The lowest BCUT2D eigenvalue weighted by Gasteiger charge is -2.22. The average Bonchev–Trinajstić information content (AvgIpc) is 2.96. The van der Waals surface area contributed by atoms with Crippen molar-refractivity contribution in [1.29, 1.82) is 0 Å². The fraction of sp³-hybridized carbons (Fsp3) is 0.636. The molecule has 2 N–H and O–H groups in total. The van der Waals surface area contributed by atoms with E-state index in [2.05, 4.69) is 15.6 Å². The smallest absolute Gasteiger partial charge is 0.244 e. The molecule has 1 atom stereocenters. The van der Waals surface area contributed by atoms with Crippen LogP contribution in [0.2, 0.25) is 0 Å². The van der Waals surface area contributed by atoms with Crippen LogP contribution in [0.25, 0.3) is 0 Å². The van der Waals surface area contributed by atoms with Crippen molar-refractivity contribution < 1.29 is 14.7 Å². The van der Waals surface area contributed by atoms with Crippen molar-refractivity contribution in [3.8, 4) is 0 Å². The van der Waals surface area contributed by atoms with Crippen LogP contribution in [0, 0.1) is 0 Å².